The molecule has 6 heteroatoms. The van der Waals surface area contributed by atoms with Gasteiger partial charge in [0.25, 0.3) is 5.91 Å². The van der Waals surface area contributed by atoms with E-state index in [9.17, 15) is 4.79 Å². The molecule has 0 aromatic carbocycles. The molecule has 1 aromatic heterocycles. The predicted molar refractivity (Wildman–Crippen MR) is 61.1 cm³/mol. The molecule has 1 rings (SSSR count). The summed E-state index contributed by atoms with van der Waals surface area (Å²) in [6.45, 7) is 5.72. The van der Waals surface area contributed by atoms with Gasteiger partial charge in [-0.2, -0.15) is 5.10 Å². The molecule has 1 heterocycles. The first-order chi connectivity index (χ1) is 7.41. The van der Waals surface area contributed by atoms with Gasteiger partial charge in [0.2, 0.25) is 5.82 Å². The van der Waals surface area contributed by atoms with Crippen LogP contribution in [0.5, 0.6) is 0 Å². The molecular formula is C10H19N5O. The quantitative estimate of drug-likeness (QED) is 0.746. The summed E-state index contributed by atoms with van der Waals surface area (Å²) in [5.74, 6) is 0.0324. The Morgan fingerprint density at radius 2 is 2.25 bits per heavy atom. The van der Waals surface area contributed by atoms with Crippen molar-refractivity contribution in [3.05, 3.63) is 12.2 Å². The zero-order valence-electron chi connectivity index (χ0n) is 10.2. The lowest BCUT2D eigenvalue weighted by molar-refractivity contribution is 0.0919. The molecule has 6 nitrogen and oxygen atoms in total. The lowest BCUT2D eigenvalue weighted by atomic mass is 9.93. The van der Waals surface area contributed by atoms with Gasteiger partial charge in [0.15, 0.2) is 0 Å². The Hall–Kier alpha value is -1.43. The van der Waals surface area contributed by atoms with Gasteiger partial charge >= 0.3 is 0 Å². The van der Waals surface area contributed by atoms with Crippen LogP contribution in [0.2, 0.25) is 0 Å². The second-order valence-corrected chi connectivity index (χ2v) is 4.92. The van der Waals surface area contributed by atoms with E-state index in [-0.39, 0.29) is 17.1 Å². The van der Waals surface area contributed by atoms with E-state index < -0.39 is 0 Å². The van der Waals surface area contributed by atoms with E-state index in [1.54, 1.807) is 0 Å². The third-order valence-corrected chi connectivity index (χ3v) is 2.10. The van der Waals surface area contributed by atoms with Crippen molar-refractivity contribution in [2.24, 2.45) is 5.41 Å². The van der Waals surface area contributed by atoms with E-state index in [0.717, 1.165) is 6.54 Å². The number of amides is 1. The van der Waals surface area contributed by atoms with Crippen LogP contribution in [0.1, 0.15) is 24.5 Å². The van der Waals surface area contributed by atoms with Crippen LogP contribution in [0.3, 0.4) is 0 Å². The maximum atomic E-state index is 11.6. The van der Waals surface area contributed by atoms with E-state index in [4.69, 9.17) is 0 Å². The summed E-state index contributed by atoms with van der Waals surface area (Å²) in [6.07, 6.45) is 1.32. The van der Waals surface area contributed by atoms with Gasteiger partial charge in [0.1, 0.15) is 6.33 Å². The fourth-order valence-corrected chi connectivity index (χ4v) is 1.63. The van der Waals surface area contributed by atoms with Crippen LogP contribution in [-0.2, 0) is 0 Å². The van der Waals surface area contributed by atoms with Crippen molar-refractivity contribution in [2.75, 3.05) is 27.2 Å². The van der Waals surface area contributed by atoms with Crippen LogP contribution in [0.15, 0.2) is 6.33 Å². The van der Waals surface area contributed by atoms with Crippen molar-refractivity contribution in [3.8, 4) is 0 Å². The van der Waals surface area contributed by atoms with Crippen LogP contribution >= 0.6 is 0 Å². The van der Waals surface area contributed by atoms with Gasteiger partial charge in [-0.05, 0) is 19.5 Å². The first-order valence-electron chi connectivity index (χ1n) is 5.19. The second-order valence-electron chi connectivity index (χ2n) is 4.92. The molecule has 1 amide bonds. The predicted octanol–water partition coefficient (Wildman–Crippen LogP) is 0.122. The largest absolute Gasteiger partial charge is 0.349 e. The van der Waals surface area contributed by atoms with Crippen molar-refractivity contribution in [1.29, 1.82) is 0 Å². The molecule has 0 fully saturated rings. The summed E-state index contributed by atoms with van der Waals surface area (Å²) in [5.41, 5.74) is 0.0270. The smallest absolute Gasteiger partial charge is 0.288 e. The minimum atomic E-state index is -0.218. The van der Waals surface area contributed by atoms with Gasteiger partial charge in [0, 0.05) is 13.1 Å². The SMILES string of the molecule is CN(C)CC(C)(C)CNC(=O)c1ncn[nH]1. The summed E-state index contributed by atoms with van der Waals surface area (Å²) in [4.78, 5) is 17.5. The highest BCUT2D eigenvalue weighted by Crippen LogP contribution is 2.14. The minimum Gasteiger partial charge on any atom is -0.349 e. The monoisotopic (exact) mass is 225 g/mol. The Labute approximate surface area is 95.4 Å². The lowest BCUT2D eigenvalue weighted by Gasteiger charge is -2.28. The molecule has 0 unspecified atom stereocenters. The third kappa shape index (κ3) is 3.98. The highest BCUT2D eigenvalue weighted by molar-refractivity contribution is 5.90. The number of nitrogens with one attached hydrogen (secondary N) is 2. The number of carbonyl (C=O) groups excluding carboxylic acids is 1. The van der Waals surface area contributed by atoms with Crippen LogP contribution in [-0.4, -0.2) is 53.2 Å². The van der Waals surface area contributed by atoms with E-state index in [2.05, 4.69) is 39.2 Å². The van der Waals surface area contributed by atoms with Crippen LogP contribution in [0.4, 0.5) is 0 Å². The number of hydrogen-bond acceptors (Lipinski definition) is 4. The molecule has 2 N–H and O–H groups in total. The average molecular weight is 225 g/mol. The lowest BCUT2D eigenvalue weighted by Crippen LogP contribution is -2.40. The van der Waals surface area contributed by atoms with Gasteiger partial charge < -0.3 is 10.2 Å². The number of aromatic amines is 1. The van der Waals surface area contributed by atoms with E-state index >= 15 is 0 Å². The van der Waals surface area contributed by atoms with Crippen LogP contribution < -0.4 is 5.32 Å². The summed E-state index contributed by atoms with van der Waals surface area (Å²) in [6, 6.07) is 0. The zero-order chi connectivity index (χ0) is 12.2. The molecule has 90 valence electrons. The highest BCUT2D eigenvalue weighted by Gasteiger charge is 2.20. The van der Waals surface area contributed by atoms with E-state index in [1.165, 1.54) is 6.33 Å². The fourth-order valence-electron chi connectivity index (χ4n) is 1.63. The normalized spacial score (nSPS) is 11.8. The van der Waals surface area contributed by atoms with Gasteiger partial charge in [-0.15, -0.1) is 0 Å². The average Bonchev–Trinajstić information content (AvgIpc) is 2.64. The van der Waals surface area contributed by atoms with Crippen molar-refractivity contribution < 1.29 is 4.79 Å². The highest BCUT2D eigenvalue weighted by atomic mass is 16.2. The van der Waals surface area contributed by atoms with Crippen LogP contribution in [0, 0.1) is 5.41 Å². The van der Waals surface area contributed by atoms with Crippen LogP contribution in [0.25, 0.3) is 0 Å². The number of hydrogen-bond donors (Lipinski definition) is 2. The maximum Gasteiger partial charge on any atom is 0.288 e. The Morgan fingerprint density at radius 1 is 1.56 bits per heavy atom. The molecule has 0 aliphatic rings. The summed E-state index contributed by atoms with van der Waals surface area (Å²) in [5, 5.41) is 8.99. The molecule has 0 aliphatic heterocycles. The minimum absolute atomic E-state index is 0.0270. The van der Waals surface area contributed by atoms with Gasteiger partial charge in [-0.3, -0.25) is 9.89 Å². The Bertz CT molecular complexity index is 331. The Balaban J connectivity index is 2.42. The first kappa shape index (κ1) is 12.6. The molecule has 0 saturated heterocycles. The number of carbonyl (C=O) groups is 1. The van der Waals surface area contributed by atoms with E-state index in [1.807, 2.05) is 14.1 Å². The first-order valence-corrected chi connectivity index (χ1v) is 5.19. The van der Waals surface area contributed by atoms with Crippen molar-refractivity contribution in [2.45, 2.75) is 13.8 Å². The number of nitrogens with zero attached hydrogens (tertiary/aromatic N) is 3. The summed E-state index contributed by atoms with van der Waals surface area (Å²) >= 11 is 0. The number of aromatic nitrogens is 3. The molecule has 0 radical (unpaired) electrons. The number of H-pyrrole nitrogens is 1. The van der Waals surface area contributed by atoms with Crippen molar-refractivity contribution in [1.82, 2.24) is 25.4 Å². The second kappa shape index (κ2) is 5.07. The fraction of sp³-hybridized carbons (Fsp3) is 0.700. The van der Waals surface area contributed by atoms with Gasteiger partial charge in [-0.1, -0.05) is 13.8 Å². The third-order valence-electron chi connectivity index (χ3n) is 2.10. The molecule has 0 spiro atoms. The molecule has 1 aromatic rings. The Morgan fingerprint density at radius 3 is 2.75 bits per heavy atom. The van der Waals surface area contributed by atoms with Gasteiger partial charge in [0.05, 0.1) is 0 Å². The number of rotatable bonds is 5. The van der Waals surface area contributed by atoms with Crippen molar-refractivity contribution >= 4 is 5.91 Å². The summed E-state index contributed by atoms with van der Waals surface area (Å²) in [7, 11) is 4.03. The molecule has 16 heavy (non-hydrogen) atoms. The molecular weight excluding hydrogens is 206 g/mol. The topological polar surface area (TPSA) is 73.9 Å². The van der Waals surface area contributed by atoms with Gasteiger partial charge in [-0.25, -0.2) is 4.98 Å². The molecule has 0 saturated carbocycles. The molecule has 0 atom stereocenters. The Kier molecular flexibility index (Phi) is 4.00. The van der Waals surface area contributed by atoms with E-state index in [0.29, 0.717) is 6.54 Å². The standard InChI is InChI=1S/C10H19N5O/c1-10(2,6-15(3)4)5-11-9(16)8-12-7-13-14-8/h7H,5-6H2,1-4H3,(H,11,16)(H,12,13,14). The van der Waals surface area contributed by atoms with Crippen molar-refractivity contribution in [3.63, 3.8) is 0 Å². The molecule has 0 bridgehead atoms. The zero-order valence-corrected chi connectivity index (χ0v) is 10.2. The maximum absolute atomic E-state index is 11.6. The molecule has 0 aliphatic carbocycles. The summed E-state index contributed by atoms with van der Waals surface area (Å²) < 4.78 is 0.